The predicted octanol–water partition coefficient (Wildman–Crippen LogP) is -4.31. The summed E-state index contributed by atoms with van der Waals surface area (Å²) in [5.41, 5.74) is 0. The monoisotopic (exact) mass is 264 g/mol. The van der Waals surface area contributed by atoms with Crippen molar-refractivity contribution in [3.05, 3.63) is 0 Å². The molecule has 0 aliphatic carbocycles. The number of hydrogen-bond donors (Lipinski definition) is 1. The normalized spacial score (nSPS) is 6.33. The van der Waals surface area contributed by atoms with Gasteiger partial charge in [-0.3, -0.25) is 0 Å². The van der Waals surface area contributed by atoms with E-state index >= 15 is 0 Å². The summed E-state index contributed by atoms with van der Waals surface area (Å²) in [5, 5.41) is 0. The number of rotatable bonds is 0. The van der Waals surface area contributed by atoms with Crippen LogP contribution in [-0.2, 0) is 24.5 Å². The molecule has 0 saturated heterocycles. The van der Waals surface area contributed by atoms with Gasteiger partial charge in [0.25, 0.3) is 0 Å². The van der Waals surface area contributed by atoms with Crippen molar-refractivity contribution >= 4 is 45.5 Å². The van der Waals surface area contributed by atoms with Gasteiger partial charge in [0.05, 0.1) is 0 Å². The maximum absolute atomic E-state index is 8.69. The fourth-order valence-corrected chi connectivity index (χ4v) is 0. The van der Waals surface area contributed by atoms with Gasteiger partial charge < -0.3 is 16.4 Å². The summed E-state index contributed by atoms with van der Waals surface area (Å²) in [6.07, 6.45) is 0. The van der Waals surface area contributed by atoms with Crippen LogP contribution in [0.4, 0.5) is 0 Å². The molecule has 0 heterocycles. The Hall–Kier alpha value is 1.24. The molecule has 9 heavy (non-hydrogen) atoms. The SMILES string of the molecule is O.O.O.[O]=[Mn](=[O])(=[O])[OH].[SrH2]. The standard InChI is InChI=1S/Mn.4H2O.3O.Sr.2H/h;4*1H2;;;;;;/q+1;;;;;;;;;;/p-1. The molecule has 0 unspecified atom stereocenters. The van der Waals surface area contributed by atoms with Crippen LogP contribution in [0.15, 0.2) is 0 Å². The maximum atomic E-state index is 8.69. The molecule has 0 spiro atoms. The van der Waals surface area contributed by atoms with Gasteiger partial charge in [0.2, 0.25) is 0 Å². The van der Waals surface area contributed by atoms with Gasteiger partial charge in [-0.25, -0.2) is 0 Å². The minimum atomic E-state index is -5.38. The first-order valence-electron chi connectivity index (χ1n) is 0.632. The summed E-state index contributed by atoms with van der Waals surface area (Å²) in [6, 6.07) is 0. The van der Waals surface area contributed by atoms with Crippen molar-refractivity contribution in [3.8, 4) is 0 Å². The first kappa shape index (κ1) is 31.8. The Morgan fingerprint density at radius 2 is 0.889 bits per heavy atom. The molecule has 0 bridgehead atoms. The first-order chi connectivity index (χ1) is 2.00. The van der Waals surface area contributed by atoms with Crippen molar-refractivity contribution in [2.24, 2.45) is 0 Å². The van der Waals surface area contributed by atoms with Crippen molar-refractivity contribution in [1.29, 1.82) is 0 Å². The first-order valence-corrected chi connectivity index (χ1v) is 2.61. The van der Waals surface area contributed by atoms with E-state index in [2.05, 4.69) is 0 Å². The van der Waals surface area contributed by atoms with E-state index in [1.807, 2.05) is 0 Å². The van der Waals surface area contributed by atoms with Crippen LogP contribution < -0.4 is 0 Å². The van der Waals surface area contributed by atoms with Gasteiger partial charge in [-0.05, 0) is 0 Å². The van der Waals surface area contributed by atoms with E-state index in [1.165, 1.54) is 0 Å². The average molecular weight is 264 g/mol. The van der Waals surface area contributed by atoms with Gasteiger partial charge in [-0.2, -0.15) is 0 Å². The summed E-state index contributed by atoms with van der Waals surface area (Å²) in [7, 11) is 0. The Kier molecular flexibility index (Phi) is 42.3. The van der Waals surface area contributed by atoms with Crippen molar-refractivity contribution in [3.63, 3.8) is 0 Å². The van der Waals surface area contributed by atoms with Crippen LogP contribution in [0, 0.1) is 0 Å². The molecule has 9 heteroatoms. The minimum absolute atomic E-state index is 0. The van der Waals surface area contributed by atoms with E-state index in [0.29, 0.717) is 0 Å². The third-order valence-corrected chi connectivity index (χ3v) is 0. The molecular formula is H9MnO7Sr. The van der Waals surface area contributed by atoms with Gasteiger partial charge in [0, 0.05) is 0 Å². The van der Waals surface area contributed by atoms with Crippen molar-refractivity contribution in [2.75, 3.05) is 0 Å². The van der Waals surface area contributed by atoms with Gasteiger partial charge >= 0.3 is 74.1 Å². The fraction of sp³-hybridized carbons (Fsp3) is 0. The van der Waals surface area contributed by atoms with Crippen LogP contribution >= 0.6 is 0 Å². The molecule has 7 N–H and O–H groups in total. The summed E-state index contributed by atoms with van der Waals surface area (Å²) in [6.45, 7) is 0. The zero-order valence-corrected chi connectivity index (χ0v) is 4.73. The molecule has 0 fully saturated rings. The van der Waals surface area contributed by atoms with E-state index < -0.39 is 13.0 Å². The molecule has 60 valence electrons. The van der Waals surface area contributed by atoms with E-state index in [0.717, 1.165) is 0 Å². The second-order valence-corrected chi connectivity index (χ2v) is 1.63. The van der Waals surface area contributed by atoms with Crippen molar-refractivity contribution in [2.45, 2.75) is 0 Å². The summed E-state index contributed by atoms with van der Waals surface area (Å²) in [5.74, 6) is 0. The molecule has 7 nitrogen and oxygen atoms in total. The molecular weight excluding hydrogens is 255 g/mol. The second-order valence-electron chi connectivity index (χ2n) is 0.396. The molecule has 0 radical (unpaired) electrons. The van der Waals surface area contributed by atoms with Gasteiger partial charge in [-0.15, -0.1) is 0 Å². The van der Waals surface area contributed by atoms with Crippen LogP contribution in [0.25, 0.3) is 0 Å². The van der Waals surface area contributed by atoms with E-state index in [4.69, 9.17) is 15.7 Å². The Morgan fingerprint density at radius 1 is 0.889 bits per heavy atom. The fourth-order valence-electron chi connectivity index (χ4n) is 0. The second kappa shape index (κ2) is 12.0. The van der Waals surface area contributed by atoms with E-state index in [1.54, 1.807) is 0 Å². The Labute approximate surface area is 89.4 Å². The van der Waals surface area contributed by atoms with Crippen molar-refractivity contribution in [1.82, 2.24) is 0 Å². The molecule has 0 aliphatic rings. The van der Waals surface area contributed by atoms with Crippen LogP contribution in [-0.4, -0.2) is 66.1 Å². The molecule has 0 aromatic carbocycles. The zero-order chi connectivity index (χ0) is 4.50. The zero-order valence-electron chi connectivity index (χ0n) is 3.55. The third kappa shape index (κ3) is 315. The molecule has 0 aromatic heterocycles. The number of hydrogen-bond acceptors (Lipinski definition) is 3. The molecule has 0 atom stereocenters. The third-order valence-electron chi connectivity index (χ3n) is 0. The van der Waals surface area contributed by atoms with Gasteiger partial charge in [-0.1, -0.05) is 0 Å². The van der Waals surface area contributed by atoms with Gasteiger partial charge in [0.15, 0.2) is 0 Å². The molecule has 0 saturated carbocycles. The Morgan fingerprint density at radius 3 is 0.889 bits per heavy atom. The topological polar surface area (TPSA) is 166 Å². The molecule has 0 amide bonds. The molecule has 0 rings (SSSR count). The van der Waals surface area contributed by atoms with Crippen LogP contribution in [0.3, 0.4) is 0 Å². The van der Waals surface area contributed by atoms with Crippen molar-refractivity contribution < 1.29 is 45.1 Å². The van der Waals surface area contributed by atoms with Crippen LogP contribution in [0.5, 0.6) is 0 Å². The quantitative estimate of drug-likeness (QED) is 0.437. The predicted molar refractivity (Wildman–Crippen MR) is 23.7 cm³/mol. The Bertz CT molecular complexity index is 130. The Balaban J connectivity index is -0.0000000133. The van der Waals surface area contributed by atoms with Crippen LogP contribution in [0.2, 0.25) is 0 Å². The van der Waals surface area contributed by atoms with E-state index in [9.17, 15) is 0 Å². The summed E-state index contributed by atoms with van der Waals surface area (Å²) < 4.78 is 33.1. The molecule has 0 aliphatic heterocycles. The van der Waals surface area contributed by atoms with E-state index in [-0.39, 0.29) is 61.9 Å². The van der Waals surface area contributed by atoms with Crippen LogP contribution in [0.1, 0.15) is 0 Å². The summed E-state index contributed by atoms with van der Waals surface area (Å²) in [4.78, 5) is 0. The molecule has 0 aromatic rings. The summed E-state index contributed by atoms with van der Waals surface area (Å²) >= 11 is -5.38. The average Bonchev–Trinajstić information content (AvgIpc) is 0.722. The van der Waals surface area contributed by atoms with Gasteiger partial charge in [0.1, 0.15) is 0 Å².